The molecule has 1 atom stereocenters. The summed E-state index contributed by atoms with van der Waals surface area (Å²) in [6, 6.07) is 2.54. The molecule has 0 radical (unpaired) electrons. The van der Waals surface area contributed by atoms with E-state index in [0.29, 0.717) is 5.56 Å². The highest BCUT2D eigenvalue weighted by Crippen LogP contribution is 2.42. The molecule has 1 unspecified atom stereocenters. The van der Waals surface area contributed by atoms with Crippen LogP contribution < -0.4 is 0 Å². The van der Waals surface area contributed by atoms with Crippen molar-refractivity contribution in [2.45, 2.75) is 32.1 Å². The van der Waals surface area contributed by atoms with Crippen LogP contribution in [0.5, 0.6) is 17.2 Å². The Hall–Kier alpha value is -1.64. The van der Waals surface area contributed by atoms with Crippen molar-refractivity contribution >= 4 is 0 Å². The van der Waals surface area contributed by atoms with Gasteiger partial charge in [-0.2, -0.15) is 0 Å². The van der Waals surface area contributed by atoms with Crippen molar-refractivity contribution in [3.05, 3.63) is 29.3 Å². The molecule has 16 heavy (non-hydrogen) atoms. The van der Waals surface area contributed by atoms with Gasteiger partial charge in [0.2, 0.25) is 0 Å². The predicted molar refractivity (Wildman–Crippen MR) is 61.8 cm³/mol. The molecule has 0 aliphatic heterocycles. The Morgan fingerprint density at radius 2 is 1.75 bits per heavy atom. The average molecular weight is 220 g/mol. The first-order valence-corrected chi connectivity index (χ1v) is 5.50. The van der Waals surface area contributed by atoms with Crippen molar-refractivity contribution in [3.63, 3.8) is 0 Å². The number of hydrogen-bond donors (Lipinski definition) is 3. The van der Waals surface area contributed by atoms with Crippen LogP contribution in [0.2, 0.25) is 0 Å². The van der Waals surface area contributed by atoms with Gasteiger partial charge >= 0.3 is 0 Å². The number of rotatable bonds is 1. The summed E-state index contributed by atoms with van der Waals surface area (Å²) in [5.74, 6) is -0.133. The lowest BCUT2D eigenvalue weighted by Crippen LogP contribution is -2.02. The van der Waals surface area contributed by atoms with Crippen molar-refractivity contribution in [1.82, 2.24) is 0 Å². The van der Waals surface area contributed by atoms with Crippen LogP contribution in [0.25, 0.3) is 0 Å². The molecule has 1 aromatic rings. The van der Waals surface area contributed by atoms with Crippen LogP contribution >= 0.6 is 0 Å². The topological polar surface area (TPSA) is 60.7 Å². The molecule has 3 heteroatoms. The van der Waals surface area contributed by atoms with Gasteiger partial charge < -0.3 is 15.3 Å². The van der Waals surface area contributed by atoms with Crippen molar-refractivity contribution in [1.29, 1.82) is 0 Å². The van der Waals surface area contributed by atoms with E-state index in [1.165, 1.54) is 17.7 Å². The van der Waals surface area contributed by atoms with Gasteiger partial charge in [-0.25, -0.2) is 0 Å². The van der Waals surface area contributed by atoms with Crippen molar-refractivity contribution in [2.24, 2.45) is 0 Å². The smallest absolute Gasteiger partial charge is 0.126 e. The molecule has 0 bridgehead atoms. The average Bonchev–Trinajstić information content (AvgIpc) is 2.15. The van der Waals surface area contributed by atoms with Gasteiger partial charge in [-0.3, -0.25) is 0 Å². The lowest BCUT2D eigenvalue weighted by Gasteiger charge is -2.21. The summed E-state index contributed by atoms with van der Waals surface area (Å²) in [7, 11) is 0. The zero-order chi connectivity index (χ0) is 11.7. The van der Waals surface area contributed by atoms with Crippen LogP contribution in [-0.2, 0) is 0 Å². The minimum atomic E-state index is -0.115. The van der Waals surface area contributed by atoms with Crippen LogP contribution in [0.15, 0.2) is 23.8 Å². The molecule has 0 fully saturated rings. The molecular weight excluding hydrogens is 204 g/mol. The minimum Gasteiger partial charge on any atom is -0.508 e. The van der Waals surface area contributed by atoms with Crippen LogP contribution in [0, 0.1) is 0 Å². The second-order valence-electron chi connectivity index (χ2n) is 4.41. The first kappa shape index (κ1) is 10.9. The molecule has 2 rings (SSSR count). The second-order valence-corrected chi connectivity index (χ2v) is 4.41. The normalized spacial score (nSPS) is 20.6. The summed E-state index contributed by atoms with van der Waals surface area (Å²) in [5.41, 5.74) is 1.81. The third-order valence-electron chi connectivity index (χ3n) is 3.06. The summed E-state index contributed by atoms with van der Waals surface area (Å²) in [5, 5.41) is 28.8. The third kappa shape index (κ3) is 1.98. The number of allylic oxidation sites excluding steroid dienone is 2. The highest BCUT2D eigenvalue weighted by molar-refractivity contribution is 5.52. The van der Waals surface area contributed by atoms with Gasteiger partial charge in [0.25, 0.3) is 0 Å². The zero-order valence-electron chi connectivity index (χ0n) is 9.27. The Bertz CT molecular complexity index is 412. The van der Waals surface area contributed by atoms with Gasteiger partial charge in [0, 0.05) is 23.6 Å². The Labute approximate surface area is 94.7 Å². The van der Waals surface area contributed by atoms with Gasteiger partial charge in [0.15, 0.2) is 0 Å². The molecule has 1 aliphatic carbocycles. The lowest BCUT2D eigenvalue weighted by atomic mass is 9.85. The molecule has 86 valence electrons. The van der Waals surface area contributed by atoms with Crippen LogP contribution in [0.3, 0.4) is 0 Å². The number of benzene rings is 1. The first-order valence-electron chi connectivity index (χ1n) is 5.50. The van der Waals surface area contributed by atoms with E-state index in [0.717, 1.165) is 19.3 Å². The number of phenols is 3. The maximum atomic E-state index is 9.76. The van der Waals surface area contributed by atoms with Crippen LogP contribution in [0.1, 0.15) is 37.7 Å². The Morgan fingerprint density at radius 1 is 1.12 bits per heavy atom. The molecule has 1 aromatic carbocycles. The summed E-state index contributed by atoms with van der Waals surface area (Å²) >= 11 is 0. The van der Waals surface area contributed by atoms with Crippen LogP contribution in [-0.4, -0.2) is 15.3 Å². The van der Waals surface area contributed by atoms with Gasteiger partial charge in [0.1, 0.15) is 17.2 Å². The molecular formula is C13H16O3. The molecule has 0 amide bonds. The van der Waals surface area contributed by atoms with Crippen molar-refractivity contribution in [3.8, 4) is 17.2 Å². The standard InChI is InChI=1S/C13H16O3/c1-8-3-2-4-9(5-8)13-11(15)6-10(14)7-12(13)16/h5-7,9,14-16H,2-4H2,1H3. The second kappa shape index (κ2) is 4.08. The largest absolute Gasteiger partial charge is 0.508 e. The lowest BCUT2D eigenvalue weighted by molar-refractivity contribution is 0.412. The number of hydrogen-bond acceptors (Lipinski definition) is 3. The first-order chi connectivity index (χ1) is 7.58. The SMILES string of the molecule is CC1=CC(c2c(O)cc(O)cc2O)CCC1. The number of aromatic hydroxyl groups is 3. The van der Waals surface area contributed by atoms with Crippen molar-refractivity contribution < 1.29 is 15.3 Å². The maximum Gasteiger partial charge on any atom is 0.126 e. The summed E-state index contributed by atoms with van der Waals surface area (Å²) in [6.07, 6.45) is 5.14. The van der Waals surface area contributed by atoms with Crippen LogP contribution in [0.4, 0.5) is 0 Å². The third-order valence-corrected chi connectivity index (χ3v) is 3.06. The summed E-state index contributed by atoms with van der Waals surface area (Å²) in [6.45, 7) is 2.06. The van der Waals surface area contributed by atoms with Gasteiger partial charge in [-0.15, -0.1) is 0 Å². The minimum absolute atomic E-state index is 0.0338. The Kier molecular flexibility index (Phi) is 2.77. The van der Waals surface area contributed by atoms with E-state index in [9.17, 15) is 15.3 Å². The fourth-order valence-corrected chi connectivity index (χ4v) is 2.33. The maximum absolute atomic E-state index is 9.76. The Morgan fingerprint density at radius 3 is 2.31 bits per heavy atom. The summed E-state index contributed by atoms with van der Waals surface area (Å²) < 4.78 is 0. The molecule has 0 spiro atoms. The monoisotopic (exact) mass is 220 g/mol. The van der Waals surface area contributed by atoms with E-state index < -0.39 is 0 Å². The fourth-order valence-electron chi connectivity index (χ4n) is 2.33. The Balaban J connectivity index is 2.44. The van der Waals surface area contributed by atoms with E-state index in [4.69, 9.17) is 0 Å². The molecule has 3 nitrogen and oxygen atoms in total. The molecule has 1 aliphatic rings. The molecule has 0 saturated carbocycles. The molecule has 3 N–H and O–H groups in total. The van der Waals surface area contributed by atoms with Crippen molar-refractivity contribution in [2.75, 3.05) is 0 Å². The van der Waals surface area contributed by atoms with E-state index in [1.54, 1.807) is 0 Å². The van der Waals surface area contributed by atoms with E-state index in [1.807, 2.05) is 0 Å². The predicted octanol–water partition coefficient (Wildman–Crippen LogP) is 3.02. The van der Waals surface area contributed by atoms with Gasteiger partial charge in [0.05, 0.1) is 0 Å². The molecule has 0 aromatic heterocycles. The quantitative estimate of drug-likeness (QED) is 0.637. The fraction of sp³-hybridized carbons (Fsp3) is 0.385. The van der Waals surface area contributed by atoms with Gasteiger partial charge in [-0.1, -0.05) is 11.6 Å². The number of phenolic OH excluding ortho intramolecular Hbond substituents is 3. The molecule has 0 heterocycles. The highest BCUT2D eigenvalue weighted by Gasteiger charge is 2.21. The zero-order valence-corrected chi connectivity index (χ0v) is 9.27. The van der Waals surface area contributed by atoms with E-state index in [2.05, 4.69) is 13.0 Å². The van der Waals surface area contributed by atoms with E-state index >= 15 is 0 Å². The van der Waals surface area contributed by atoms with E-state index in [-0.39, 0.29) is 23.2 Å². The van der Waals surface area contributed by atoms with Gasteiger partial charge in [-0.05, 0) is 26.2 Å². The molecule has 0 saturated heterocycles. The summed E-state index contributed by atoms with van der Waals surface area (Å²) in [4.78, 5) is 0. The highest BCUT2D eigenvalue weighted by atomic mass is 16.3.